The molecule has 2 N–H and O–H groups in total. The first kappa shape index (κ1) is 24.5. The summed E-state index contributed by atoms with van der Waals surface area (Å²) in [4.78, 5) is 18.4. The van der Waals surface area contributed by atoms with Crippen LogP contribution in [0.25, 0.3) is 0 Å². The monoisotopic (exact) mass is 512 g/mol. The van der Waals surface area contributed by atoms with E-state index >= 15 is 0 Å². The number of alkyl halides is 3. The van der Waals surface area contributed by atoms with E-state index in [1.807, 2.05) is 0 Å². The van der Waals surface area contributed by atoms with Gasteiger partial charge in [0, 0.05) is 34.2 Å². The number of halogens is 4. The molecule has 1 aromatic rings. The van der Waals surface area contributed by atoms with Gasteiger partial charge in [0.05, 0.1) is 11.0 Å². The average molecular weight is 512 g/mol. The molecule has 0 radical (unpaired) electrons. The van der Waals surface area contributed by atoms with Crippen LogP contribution < -0.4 is 10.6 Å². The molecule has 0 bridgehead atoms. The highest BCUT2D eigenvalue weighted by Gasteiger charge is 2.42. The summed E-state index contributed by atoms with van der Waals surface area (Å²) in [5.41, 5.74) is -0.375. The average Bonchev–Trinajstić information content (AvgIpc) is 3.10. The van der Waals surface area contributed by atoms with Gasteiger partial charge >= 0.3 is 6.18 Å². The molecule has 1 aliphatic rings. The van der Waals surface area contributed by atoms with E-state index in [4.69, 9.17) is 0 Å². The van der Waals surface area contributed by atoms with E-state index in [1.54, 1.807) is 26.0 Å². The third-order valence-electron chi connectivity index (χ3n) is 4.98. The van der Waals surface area contributed by atoms with Crippen LogP contribution in [0.4, 0.5) is 13.2 Å². The SMILES string of the molecule is CN=C(NCc1ccc(C(F)(F)F)cc1)NCC1(C(=O)N(C)C)CCCC1.I. The van der Waals surface area contributed by atoms with Crippen molar-refractivity contribution in [1.82, 2.24) is 15.5 Å². The highest BCUT2D eigenvalue weighted by molar-refractivity contribution is 14.0. The Balaban J connectivity index is 0.00000392. The first-order valence-electron chi connectivity index (χ1n) is 9.00. The fourth-order valence-corrected chi connectivity index (χ4v) is 3.46. The standard InChI is InChI=1S/C19H27F3N4O.HI/c1-23-17(24-12-14-6-8-15(9-7-14)19(20,21)22)25-13-18(10-4-5-11-18)16(27)26(2)3;/h6-9H,4-5,10-13H2,1-3H3,(H2,23,24,25);1H. The van der Waals surface area contributed by atoms with Crippen molar-refractivity contribution in [3.63, 3.8) is 0 Å². The predicted molar refractivity (Wildman–Crippen MR) is 115 cm³/mol. The minimum atomic E-state index is -4.34. The fourth-order valence-electron chi connectivity index (χ4n) is 3.46. The number of nitrogens with zero attached hydrogens (tertiary/aromatic N) is 2. The molecule has 28 heavy (non-hydrogen) atoms. The van der Waals surface area contributed by atoms with E-state index in [9.17, 15) is 18.0 Å². The first-order valence-corrected chi connectivity index (χ1v) is 9.00. The van der Waals surface area contributed by atoms with E-state index in [0.29, 0.717) is 24.6 Å². The highest BCUT2D eigenvalue weighted by Crippen LogP contribution is 2.38. The second-order valence-electron chi connectivity index (χ2n) is 7.16. The molecule has 1 saturated carbocycles. The number of guanidine groups is 1. The van der Waals surface area contributed by atoms with E-state index in [2.05, 4.69) is 15.6 Å². The van der Waals surface area contributed by atoms with E-state index in [-0.39, 0.29) is 29.9 Å². The molecule has 1 fully saturated rings. The molecule has 0 unspecified atom stereocenters. The largest absolute Gasteiger partial charge is 0.416 e. The lowest BCUT2D eigenvalue weighted by Gasteiger charge is -2.31. The molecule has 1 aliphatic carbocycles. The van der Waals surface area contributed by atoms with Gasteiger partial charge in [0.1, 0.15) is 0 Å². The minimum absolute atomic E-state index is 0. The number of carbonyl (C=O) groups is 1. The van der Waals surface area contributed by atoms with Gasteiger partial charge in [-0.3, -0.25) is 9.79 Å². The lowest BCUT2D eigenvalue weighted by molar-refractivity contribution is -0.139. The molecule has 0 aromatic heterocycles. The topological polar surface area (TPSA) is 56.7 Å². The smallest absolute Gasteiger partial charge is 0.355 e. The van der Waals surface area contributed by atoms with Gasteiger partial charge in [-0.05, 0) is 30.5 Å². The summed E-state index contributed by atoms with van der Waals surface area (Å²) in [5, 5.41) is 6.29. The van der Waals surface area contributed by atoms with Gasteiger partial charge in [-0.1, -0.05) is 25.0 Å². The maximum Gasteiger partial charge on any atom is 0.416 e. The third-order valence-corrected chi connectivity index (χ3v) is 4.98. The lowest BCUT2D eigenvalue weighted by atomic mass is 9.84. The number of nitrogens with one attached hydrogen (secondary N) is 2. The maximum atomic E-state index is 12.6. The summed E-state index contributed by atoms with van der Waals surface area (Å²) in [7, 11) is 5.15. The Morgan fingerprint density at radius 2 is 1.71 bits per heavy atom. The lowest BCUT2D eigenvalue weighted by Crippen LogP contribution is -2.49. The van der Waals surface area contributed by atoms with E-state index in [1.165, 1.54) is 12.1 Å². The summed E-state index contributed by atoms with van der Waals surface area (Å²) < 4.78 is 37.9. The summed E-state index contributed by atoms with van der Waals surface area (Å²) in [6.07, 6.45) is -0.602. The Hall–Kier alpha value is -1.52. The Labute approximate surface area is 181 Å². The van der Waals surface area contributed by atoms with Gasteiger partial charge in [0.2, 0.25) is 5.91 Å². The Bertz CT molecular complexity index is 669. The molecule has 0 heterocycles. The quantitative estimate of drug-likeness (QED) is 0.360. The van der Waals surface area contributed by atoms with Crippen LogP contribution in [0, 0.1) is 5.41 Å². The van der Waals surface area contributed by atoms with Crippen LogP contribution in [-0.4, -0.2) is 44.5 Å². The molecular formula is C19H28F3IN4O. The second-order valence-corrected chi connectivity index (χ2v) is 7.16. The zero-order valence-electron chi connectivity index (χ0n) is 16.4. The number of carbonyl (C=O) groups excluding carboxylic acids is 1. The van der Waals surface area contributed by atoms with Crippen LogP contribution in [0.3, 0.4) is 0 Å². The summed E-state index contributed by atoms with van der Waals surface area (Å²) in [5.74, 6) is 0.637. The summed E-state index contributed by atoms with van der Waals surface area (Å²) in [6.45, 7) is 0.823. The molecule has 9 heteroatoms. The Morgan fingerprint density at radius 1 is 1.14 bits per heavy atom. The molecule has 1 amide bonds. The predicted octanol–water partition coefficient (Wildman–Crippen LogP) is 3.64. The molecule has 158 valence electrons. The molecule has 0 saturated heterocycles. The number of hydrogen-bond acceptors (Lipinski definition) is 2. The number of aliphatic imine (C=N–C) groups is 1. The minimum Gasteiger partial charge on any atom is -0.355 e. The van der Waals surface area contributed by atoms with Crippen molar-refractivity contribution in [2.75, 3.05) is 27.7 Å². The van der Waals surface area contributed by atoms with Gasteiger partial charge in [-0.15, -0.1) is 24.0 Å². The van der Waals surface area contributed by atoms with Crippen LogP contribution >= 0.6 is 24.0 Å². The summed E-state index contributed by atoms with van der Waals surface area (Å²) in [6, 6.07) is 5.02. The Kier molecular flexibility index (Phi) is 9.03. The van der Waals surface area contributed by atoms with E-state index in [0.717, 1.165) is 37.8 Å². The first-order chi connectivity index (χ1) is 12.7. The van der Waals surface area contributed by atoms with Crippen molar-refractivity contribution in [2.24, 2.45) is 10.4 Å². The molecule has 0 spiro atoms. The van der Waals surface area contributed by atoms with Crippen LogP contribution in [0.5, 0.6) is 0 Å². The van der Waals surface area contributed by atoms with Crippen molar-refractivity contribution in [3.05, 3.63) is 35.4 Å². The molecule has 2 rings (SSSR count). The maximum absolute atomic E-state index is 12.6. The molecule has 0 atom stereocenters. The number of amides is 1. The number of rotatable bonds is 5. The third kappa shape index (κ3) is 6.25. The van der Waals surface area contributed by atoms with Crippen LogP contribution in [0.15, 0.2) is 29.3 Å². The van der Waals surface area contributed by atoms with Gasteiger partial charge < -0.3 is 15.5 Å². The second kappa shape index (κ2) is 10.3. The Morgan fingerprint density at radius 3 is 2.18 bits per heavy atom. The number of benzene rings is 1. The highest BCUT2D eigenvalue weighted by atomic mass is 127. The molecule has 5 nitrogen and oxygen atoms in total. The van der Waals surface area contributed by atoms with Crippen molar-refractivity contribution >= 4 is 35.8 Å². The van der Waals surface area contributed by atoms with Crippen LogP contribution in [-0.2, 0) is 17.5 Å². The molecular weight excluding hydrogens is 484 g/mol. The molecule has 1 aromatic carbocycles. The molecule has 0 aliphatic heterocycles. The van der Waals surface area contributed by atoms with Crippen molar-refractivity contribution < 1.29 is 18.0 Å². The van der Waals surface area contributed by atoms with Gasteiger partial charge in [0.15, 0.2) is 5.96 Å². The van der Waals surface area contributed by atoms with Gasteiger partial charge in [0.25, 0.3) is 0 Å². The van der Waals surface area contributed by atoms with Crippen molar-refractivity contribution in [3.8, 4) is 0 Å². The zero-order valence-corrected chi connectivity index (χ0v) is 18.7. The van der Waals surface area contributed by atoms with Crippen LogP contribution in [0.2, 0.25) is 0 Å². The van der Waals surface area contributed by atoms with Crippen molar-refractivity contribution in [2.45, 2.75) is 38.4 Å². The van der Waals surface area contributed by atoms with Gasteiger partial charge in [-0.2, -0.15) is 13.2 Å². The van der Waals surface area contributed by atoms with Crippen LogP contribution in [0.1, 0.15) is 36.8 Å². The fraction of sp³-hybridized carbons (Fsp3) is 0.579. The van der Waals surface area contributed by atoms with Crippen molar-refractivity contribution in [1.29, 1.82) is 0 Å². The normalized spacial score (nSPS) is 16.3. The number of hydrogen-bond donors (Lipinski definition) is 2. The van der Waals surface area contributed by atoms with Gasteiger partial charge in [-0.25, -0.2) is 0 Å². The summed E-state index contributed by atoms with van der Waals surface area (Å²) >= 11 is 0. The van der Waals surface area contributed by atoms with E-state index < -0.39 is 17.2 Å². The zero-order chi connectivity index (χ0) is 20.1.